The maximum absolute atomic E-state index is 13.1. The van der Waals surface area contributed by atoms with E-state index in [0.717, 1.165) is 11.1 Å². The van der Waals surface area contributed by atoms with Crippen LogP contribution in [-0.4, -0.2) is 52.1 Å². The third-order valence-electron chi connectivity index (χ3n) is 5.44. The van der Waals surface area contributed by atoms with Gasteiger partial charge >= 0.3 is 5.97 Å². The molecule has 0 radical (unpaired) electrons. The summed E-state index contributed by atoms with van der Waals surface area (Å²) in [6.07, 6.45) is 3.18. The summed E-state index contributed by atoms with van der Waals surface area (Å²) in [5, 5.41) is 5.38. The van der Waals surface area contributed by atoms with Crippen molar-refractivity contribution < 1.29 is 23.9 Å². The maximum atomic E-state index is 13.1. The lowest BCUT2D eigenvalue weighted by atomic mass is 10.1. The summed E-state index contributed by atoms with van der Waals surface area (Å²) in [4.78, 5) is 41.3. The van der Waals surface area contributed by atoms with Crippen LogP contribution in [0.5, 0.6) is 0 Å². The van der Waals surface area contributed by atoms with Crippen LogP contribution in [0.15, 0.2) is 73.2 Å². The van der Waals surface area contributed by atoms with Gasteiger partial charge in [0.2, 0.25) is 5.91 Å². The van der Waals surface area contributed by atoms with Crippen LogP contribution in [0, 0.1) is 0 Å². The normalized spacial score (nSPS) is 12.9. The molecule has 0 saturated heterocycles. The van der Waals surface area contributed by atoms with Crippen LogP contribution in [-0.2, 0) is 30.5 Å². The third-order valence-corrected chi connectivity index (χ3v) is 5.44. The van der Waals surface area contributed by atoms with Crippen LogP contribution in [0.3, 0.4) is 0 Å². The fourth-order valence-electron chi connectivity index (χ4n) is 3.41. The summed E-state index contributed by atoms with van der Waals surface area (Å²) < 4.78 is 12.7. The van der Waals surface area contributed by atoms with Crippen molar-refractivity contribution in [3.05, 3.63) is 84.3 Å². The van der Waals surface area contributed by atoms with Gasteiger partial charge in [-0.05, 0) is 25.0 Å². The number of benzene rings is 2. The highest BCUT2D eigenvalue weighted by Gasteiger charge is 2.29. The van der Waals surface area contributed by atoms with Crippen LogP contribution >= 0.6 is 0 Å². The molecule has 0 bridgehead atoms. The number of rotatable bonds is 12. The lowest BCUT2D eigenvalue weighted by molar-refractivity contribution is -0.141. The van der Waals surface area contributed by atoms with E-state index in [4.69, 9.17) is 15.2 Å². The first-order valence-corrected chi connectivity index (χ1v) is 11.9. The number of carbonyl (C=O) groups is 3. The van der Waals surface area contributed by atoms with Crippen molar-refractivity contribution in [2.75, 3.05) is 18.5 Å². The van der Waals surface area contributed by atoms with E-state index >= 15 is 0 Å². The number of aromatic nitrogens is 2. The van der Waals surface area contributed by atoms with Crippen molar-refractivity contribution >= 4 is 23.6 Å². The molecule has 0 aliphatic rings. The summed E-state index contributed by atoms with van der Waals surface area (Å²) >= 11 is 0. The Morgan fingerprint density at radius 1 is 1.03 bits per heavy atom. The smallest absolute Gasteiger partial charge is 0.302 e. The predicted molar refractivity (Wildman–Crippen MR) is 138 cm³/mol. The van der Waals surface area contributed by atoms with E-state index < -0.39 is 29.4 Å². The summed E-state index contributed by atoms with van der Waals surface area (Å²) in [6, 6.07) is 17.6. The number of nitrogens with one attached hydrogen (secondary N) is 2. The van der Waals surface area contributed by atoms with E-state index in [-0.39, 0.29) is 31.7 Å². The number of amides is 2. The molecule has 4 N–H and O–H groups in total. The molecule has 0 aliphatic heterocycles. The summed E-state index contributed by atoms with van der Waals surface area (Å²) in [5.41, 5.74) is 6.57. The topological polar surface area (TPSA) is 138 Å². The number of carbonyl (C=O) groups excluding carboxylic acids is 3. The molecule has 10 heteroatoms. The molecule has 1 heterocycles. The Balaban J connectivity index is 1.72. The van der Waals surface area contributed by atoms with Gasteiger partial charge in [-0.15, -0.1) is 0 Å². The van der Waals surface area contributed by atoms with Gasteiger partial charge in [0.15, 0.2) is 5.82 Å². The van der Waals surface area contributed by atoms with Crippen molar-refractivity contribution in [2.24, 2.45) is 5.73 Å². The van der Waals surface area contributed by atoms with E-state index in [0.29, 0.717) is 0 Å². The van der Waals surface area contributed by atoms with Crippen LogP contribution in [0.1, 0.15) is 37.9 Å². The molecule has 0 spiro atoms. The molecule has 3 rings (SSSR count). The maximum Gasteiger partial charge on any atom is 0.302 e. The van der Waals surface area contributed by atoms with Gasteiger partial charge in [-0.2, -0.15) is 0 Å². The molecule has 10 nitrogen and oxygen atoms in total. The number of hydrogen-bond acceptors (Lipinski definition) is 7. The fraction of sp³-hybridized carbons (Fsp3) is 0.333. The Kier molecular flexibility index (Phi) is 9.53. The quantitative estimate of drug-likeness (QED) is 0.320. The summed E-state index contributed by atoms with van der Waals surface area (Å²) in [6.45, 7) is 4.75. The number of esters is 1. The number of nitrogens with zero attached hydrogens (tertiary/aromatic N) is 2. The van der Waals surface area contributed by atoms with Crippen LogP contribution in [0.25, 0.3) is 0 Å². The van der Waals surface area contributed by atoms with Gasteiger partial charge in [0.05, 0.1) is 31.1 Å². The molecule has 1 unspecified atom stereocenters. The first-order chi connectivity index (χ1) is 17.6. The molecule has 2 aromatic carbocycles. The standard InChI is InChI=1S/C27H33N5O5/c1-19(33)37-17-23(21-12-8-5-9-13-21)32-14-24(29-18-32)31-25(34)22(30-26(35)27(2,3)28)16-36-15-20-10-6-4-7-11-20/h4-14,18,22-23H,15-17,28H2,1-3H3,(H,30,35)(H,31,34)/t22-,23?/m1/s1. The lowest BCUT2D eigenvalue weighted by Crippen LogP contribution is -2.56. The highest BCUT2D eigenvalue weighted by atomic mass is 16.5. The second-order valence-electron chi connectivity index (χ2n) is 9.17. The van der Waals surface area contributed by atoms with Crippen LogP contribution < -0.4 is 16.4 Å². The van der Waals surface area contributed by atoms with Crippen molar-refractivity contribution in [3.63, 3.8) is 0 Å². The first kappa shape index (κ1) is 27.6. The average Bonchev–Trinajstić information content (AvgIpc) is 3.32. The first-order valence-electron chi connectivity index (χ1n) is 11.9. The second kappa shape index (κ2) is 12.8. The third kappa shape index (κ3) is 8.55. The van der Waals surface area contributed by atoms with Crippen molar-refractivity contribution in [1.29, 1.82) is 0 Å². The molecule has 2 amide bonds. The van der Waals surface area contributed by atoms with Gasteiger partial charge < -0.3 is 30.4 Å². The van der Waals surface area contributed by atoms with E-state index in [1.165, 1.54) is 6.92 Å². The zero-order valence-corrected chi connectivity index (χ0v) is 21.2. The number of hydrogen-bond donors (Lipinski definition) is 3. The predicted octanol–water partition coefficient (Wildman–Crippen LogP) is 2.41. The number of nitrogens with two attached hydrogens (primary N) is 1. The van der Waals surface area contributed by atoms with Crippen LogP contribution in [0.2, 0.25) is 0 Å². The Bertz CT molecular complexity index is 1170. The van der Waals surface area contributed by atoms with Gasteiger partial charge in [0, 0.05) is 13.1 Å². The lowest BCUT2D eigenvalue weighted by Gasteiger charge is -2.23. The van der Waals surface area contributed by atoms with E-state index in [1.54, 1.807) is 30.9 Å². The minimum absolute atomic E-state index is 0.0671. The molecule has 0 aliphatic carbocycles. The molecule has 2 atom stereocenters. The second-order valence-corrected chi connectivity index (χ2v) is 9.17. The number of imidazole rings is 1. The number of anilines is 1. The van der Waals surface area contributed by atoms with Crippen LogP contribution in [0.4, 0.5) is 5.82 Å². The molecule has 37 heavy (non-hydrogen) atoms. The molecular weight excluding hydrogens is 474 g/mol. The zero-order valence-electron chi connectivity index (χ0n) is 21.2. The van der Waals surface area contributed by atoms with Gasteiger partial charge in [0.25, 0.3) is 5.91 Å². The van der Waals surface area contributed by atoms with E-state index in [1.807, 2.05) is 60.7 Å². The van der Waals surface area contributed by atoms with E-state index in [2.05, 4.69) is 15.6 Å². The molecule has 0 fully saturated rings. The summed E-state index contributed by atoms with van der Waals surface area (Å²) in [7, 11) is 0. The Hall–Kier alpha value is -4.02. The Morgan fingerprint density at radius 3 is 2.30 bits per heavy atom. The molecule has 1 aromatic heterocycles. The average molecular weight is 508 g/mol. The van der Waals surface area contributed by atoms with Crippen molar-refractivity contribution in [3.8, 4) is 0 Å². The molecule has 196 valence electrons. The van der Waals surface area contributed by atoms with Gasteiger partial charge in [-0.1, -0.05) is 60.7 Å². The van der Waals surface area contributed by atoms with Crippen molar-refractivity contribution in [2.45, 2.75) is 45.0 Å². The molecule has 3 aromatic rings. The highest BCUT2D eigenvalue weighted by molar-refractivity contribution is 5.98. The Labute approximate surface area is 216 Å². The molecular formula is C27H33N5O5. The fourth-order valence-corrected chi connectivity index (χ4v) is 3.41. The number of ether oxygens (including phenoxy) is 2. The SMILES string of the molecule is CC(=O)OCC(c1ccccc1)n1cnc(NC(=O)[C@@H](COCc2ccccc2)NC(=O)C(C)(C)N)c1. The Morgan fingerprint density at radius 2 is 1.68 bits per heavy atom. The summed E-state index contributed by atoms with van der Waals surface area (Å²) in [5.74, 6) is -1.13. The van der Waals surface area contributed by atoms with E-state index in [9.17, 15) is 14.4 Å². The largest absolute Gasteiger partial charge is 0.463 e. The van der Waals surface area contributed by atoms with Gasteiger partial charge in [-0.3, -0.25) is 14.4 Å². The monoisotopic (exact) mass is 507 g/mol. The minimum Gasteiger partial charge on any atom is -0.463 e. The minimum atomic E-state index is -1.18. The van der Waals surface area contributed by atoms with Crippen molar-refractivity contribution in [1.82, 2.24) is 14.9 Å². The zero-order chi connectivity index (χ0) is 26.8. The highest BCUT2D eigenvalue weighted by Crippen LogP contribution is 2.20. The van der Waals surface area contributed by atoms with Gasteiger partial charge in [-0.25, -0.2) is 4.98 Å². The molecule has 0 saturated carbocycles. The van der Waals surface area contributed by atoms with Gasteiger partial charge in [0.1, 0.15) is 12.6 Å².